The lowest BCUT2D eigenvalue weighted by atomic mass is 10.1. The molecule has 0 fully saturated rings. The van der Waals surface area contributed by atoms with Crippen molar-refractivity contribution in [3.05, 3.63) is 97.7 Å². The Morgan fingerprint density at radius 3 is 2.55 bits per heavy atom. The van der Waals surface area contributed by atoms with Crippen molar-refractivity contribution in [3.8, 4) is 11.5 Å². The standard InChI is InChI=1S/C23H15Cl3O3/c1-13-20(28-12-15-5-6-17(25)11-19(15)26)8-7-18-22(27)21(29-23(13)18)10-14-3-2-4-16(24)9-14/h2-11H,12H2,1H3/b21-10-. The van der Waals surface area contributed by atoms with Gasteiger partial charge in [-0.3, -0.25) is 4.79 Å². The van der Waals surface area contributed by atoms with Crippen LogP contribution in [-0.4, -0.2) is 5.78 Å². The number of hydrogen-bond acceptors (Lipinski definition) is 3. The molecule has 0 aliphatic carbocycles. The first kappa shape index (κ1) is 19.8. The zero-order chi connectivity index (χ0) is 20.5. The first-order chi connectivity index (χ1) is 13.9. The molecule has 0 aromatic heterocycles. The van der Waals surface area contributed by atoms with Crippen molar-refractivity contribution in [2.75, 3.05) is 0 Å². The summed E-state index contributed by atoms with van der Waals surface area (Å²) < 4.78 is 11.8. The van der Waals surface area contributed by atoms with Crippen molar-refractivity contribution >= 4 is 46.7 Å². The molecule has 146 valence electrons. The lowest BCUT2D eigenvalue weighted by molar-refractivity contribution is 0.101. The van der Waals surface area contributed by atoms with Crippen molar-refractivity contribution in [2.24, 2.45) is 0 Å². The Morgan fingerprint density at radius 1 is 1.00 bits per heavy atom. The SMILES string of the molecule is Cc1c(OCc2ccc(Cl)cc2Cl)ccc2c1O/C(=C\c1cccc(Cl)c1)C2=O. The van der Waals surface area contributed by atoms with Crippen LogP contribution in [0.1, 0.15) is 27.0 Å². The molecule has 1 heterocycles. The maximum Gasteiger partial charge on any atom is 0.231 e. The Kier molecular flexibility index (Phi) is 5.55. The number of allylic oxidation sites excluding steroid dienone is 1. The van der Waals surface area contributed by atoms with Crippen LogP contribution < -0.4 is 9.47 Å². The molecule has 29 heavy (non-hydrogen) atoms. The number of hydrogen-bond donors (Lipinski definition) is 0. The van der Waals surface area contributed by atoms with Crippen LogP contribution in [0.4, 0.5) is 0 Å². The zero-order valence-electron chi connectivity index (χ0n) is 15.3. The monoisotopic (exact) mass is 444 g/mol. The smallest absolute Gasteiger partial charge is 0.231 e. The molecule has 0 saturated heterocycles. The van der Waals surface area contributed by atoms with Crippen molar-refractivity contribution in [1.82, 2.24) is 0 Å². The average molecular weight is 446 g/mol. The van der Waals surface area contributed by atoms with Crippen LogP contribution in [0.15, 0.2) is 60.4 Å². The summed E-state index contributed by atoms with van der Waals surface area (Å²) in [6.45, 7) is 2.13. The summed E-state index contributed by atoms with van der Waals surface area (Å²) >= 11 is 18.2. The van der Waals surface area contributed by atoms with E-state index in [2.05, 4.69) is 0 Å². The van der Waals surface area contributed by atoms with E-state index in [9.17, 15) is 4.79 Å². The largest absolute Gasteiger partial charge is 0.488 e. The molecule has 6 heteroatoms. The second kappa shape index (κ2) is 8.11. The fourth-order valence-corrected chi connectivity index (χ4v) is 3.73. The fraction of sp³-hybridized carbons (Fsp3) is 0.0870. The summed E-state index contributed by atoms with van der Waals surface area (Å²) in [7, 11) is 0. The van der Waals surface area contributed by atoms with Gasteiger partial charge in [-0.05, 0) is 55.0 Å². The molecule has 0 atom stereocenters. The van der Waals surface area contributed by atoms with E-state index in [0.29, 0.717) is 32.1 Å². The van der Waals surface area contributed by atoms with Crippen molar-refractivity contribution in [3.63, 3.8) is 0 Å². The molecule has 0 spiro atoms. The van der Waals surface area contributed by atoms with E-state index in [4.69, 9.17) is 44.3 Å². The maximum atomic E-state index is 12.7. The Bertz CT molecular complexity index is 1150. The van der Waals surface area contributed by atoms with Gasteiger partial charge >= 0.3 is 0 Å². The Balaban J connectivity index is 1.58. The highest BCUT2D eigenvalue weighted by atomic mass is 35.5. The maximum absolute atomic E-state index is 12.7. The van der Waals surface area contributed by atoms with Crippen molar-refractivity contribution < 1.29 is 14.3 Å². The van der Waals surface area contributed by atoms with E-state index < -0.39 is 0 Å². The summed E-state index contributed by atoms with van der Waals surface area (Å²) in [6.07, 6.45) is 1.68. The van der Waals surface area contributed by atoms with Crippen LogP contribution in [0, 0.1) is 6.92 Å². The number of carbonyl (C=O) groups excluding carboxylic acids is 1. The highest BCUT2D eigenvalue weighted by molar-refractivity contribution is 6.35. The molecule has 3 aromatic rings. The average Bonchev–Trinajstić information content (AvgIpc) is 2.99. The third-order valence-electron chi connectivity index (χ3n) is 4.58. The number of rotatable bonds is 4. The minimum absolute atomic E-state index is 0.171. The van der Waals surface area contributed by atoms with Crippen molar-refractivity contribution in [1.29, 1.82) is 0 Å². The summed E-state index contributed by atoms with van der Waals surface area (Å²) in [6, 6.07) is 15.9. The number of Topliss-reactive ketones (excluding diaryl/α,β-unsaturated/α-hetero) is 1. The molecule has 0 radical (unpaired) electrons. The van der Waals surface area contributed by atoms with E-state index in [0.717, 1.165) is 16.7 Å². The third-order valence-corrected chi connectivity index (χ3v) is 5.40. The fourth-order valence-electron chi connectivity index (χ4n) is 3.07. The Labute approximate surface area is 183 Å². The van der Waals surface area contributed by atoms with Crippen LogP contribution in [-0.2, 0) is 6.61 Å². The second-order valence-electron chi connectivity index (χ2n) is 6.58. The van der Waals surface area contributed by atoms with Crippen molar-refractivity contribution in [2.45, 2.75) is 13.5 Å². The summed E-state index contributed by atoms with van der Waals surface area (Å²) in [4.78, 5) is 12.7. The lowest BCUT2D eigenvalue weighted by Crippen LogP contribution is -1.99. The highest BCUT2D eigenvalue weighted by Gasteiger charge is 2.30. The first-order valence-corrected chi connectivity index (χ1v) is 9.96. The summed E-state index contributed by atoms with van der Waals surface area (Å²) in [5, 5.41) is 1.70. The van der Waals surface area contributed by atoms with E-state index in [1.807, 2.05) is 25.1 Å². The lowest BCUT2D eigenvalue weighted by Gasteiger charge is -2.12. The molecule has 0 unspecified atom stereocenters. The minimum atomic E-state index is -0.171. The van der Waals surface area contributed by atoms with Gasteiger partial charge in [0.25, 0.3) is 0 Å². The molecule has 1 aliphatic heterocycles. The zero-order valence-corrected chi connectivity index (χ0v) is 17.6. The molecule has 0 saturated carbocycles. The van der Waals surface area contributed by atoms with E-state index in [1.54, 1.807) is 42.5 Å². The molecule has 0 amide bonds. The normalized spacial score (nSPS) is 14.1. The molecular weight excluding hydrogens is 431 g/mol. The molecule has 0 bridgehead atoms. The topological polar surface area (TPSA) is 35.5 Å². The number of fused-ring (bicyclic) bond motifs is 1. The predicted octanol–water partition coefficient (Wildman–Crippen LogP) is 7.15. The molecule has 1 aliphatic rings. The minimum Gasteiger partial charge on any atom is -0.488 e. The highest BCUT2D eigenvalue weighted by Crippen LogP contribution is 2.39. The van der Waals surface area contributed by atoms with Crippen LogP contribution in [0.25, 0.3) is 6.08 Å². The summed E-state index contributed by atoms with van der Waals surface area (Å²) in [5.41, 5.74) is 2.86. The molecular formula is C23H15Cl3O3. The Morgan fingerprint density at radius 2 is 1.79 bits per heavy atom. The van der Waals surface area contributed by atoms with Gasteiger partial charge in [0.05, 0.1) is 5.56 Å². The molecule has 3 nitrogen and oxygen atoms in total. The number of ketones is 1. The van der Waals surface area contributed by atoms with Gasteiger partial charge in [-0.1, -0.05) is 53.0 Å². The van der Waals surface area contributed by atoms with Gasteiger partial charge in [-0.2, -0.15) is 0 Å². The molecule has 0 N–H and O–H groups in total. The van der Waals surface area contributed by atoms with Crippen LogP contribution in [0.2, 0.25) is 15.1 Å². The van der Waals surface area contributed by atoms with Crippen LogP contribution in [0.5, 0.6) is 11.5 Å². The quantitative estimate of drug-likeness (QED) is 0.400. The molecule has 4 rings (SSSR count). The first-order valence-electron chi connectivity index (χ1n) is 8.82. The predicted molar refractivity (Wildman–Crippen MR) is 116 cm³/mol. The van der Waals surface area contributed by atoms with Gasteiger partial charge in [0.2, 0.25) is 5.78 Å². The van der Waals surface area contributed by atoms with E-state index in [1.165, 1.54) is 0 Å². The number of halogens is 3. The third kappa shape index (κ3) is 4.13. The second-order valence-corrected chi connectivity index (χ2v) is 7.86. The van der Waals surface area contributed by atoms with Crippen LogP contribution >= 0.6 is 34.8 Å². The van der Waals surface area contributed by atoms with Gasteiger partial charge in [0.1, 0.15) is 18.1 Å². The van der Waals surface area contributed by atoms with E-state index in [-0.39, 0.29) is 18.1 Å². The van der Waals surface area contributed by atoms with Gasteiger partial charge in [0.15, 0.2) is 5.76 Å². The Hall–Kier alpha value is -2.46. The number of benzene rings is 3. The van der Waals surface area contributed by atoms with E-state index >= 15 is 0 Å². The van der Waals surface area contributed by atoms with Gasteiger partial charge < -0.3 is 9.47 Å². The number of ether oxygens (including phenoxy) is 2. The van der Waals surface area contributed by atoms with Gasteiger partial charge in [0, 0.05) is 26.2 Å². The van der Waals surface area contributed by atoms with Gasteiger partial charge in [-0.15, -0.1) is 0 Å². The van der Waals surface area contributed by atoms with Crippen LogP contribution in [0.3, 0.4) is 0 Å². The summed E-state index contributed by atoms with van der Waals surface area (Å²) in [5.74, 6) is 1.20. The van der Waals surface area contributed by atoms with Gasteiger partial charge in [-0.25, -0.2) is 0 Å². The number of carbonyl (C=O) groups is 1. The molecule has 3 aromatic carbocycles.